The zero-order valence-corrected chi connectivity index (χ0v) is 11.2. The molecule has 1 aliphatic heterocycles. The van der Waals surface area contributed by atoms with Crippen molar-refractivity contribution in [2.24, 2.45) is 7.05 Å². The fourth-order valence-electron chi connectivity index (χ4n) is 1.76. The number of carbonyl (C=O) groups is 2. The number of hydrogen-bond donors (Lipinski definition) is 1. The van der Waals surface area contributed by atoms with Crippen molar-refractivity contribution in [1.82, 2.24) is 14.8 Å². The van der Waals surface area contributed by atoms with Gasteiger partial charge in [0.25, 0.3) is 11.8 Å². The molecule has 2 heterocycles. The van der Waals surface area contributed by atoms with Gasteiger partial charge < -0.3 is 4.57 Å². The van der Waals surface area contributed by atoms with Crippen LogP contribution in [0.3, 0.4) is 0 Å². The summed E-state index contributed by atoms with van der Waals surface area (Å²) in [6.07, 6.45) is 4.95. The standard InChI is InChI=1S/C13H13N3O2S/c1-3-6-16-12(18)10(11(17)14-13(16)19)8-9-5-4-7-15(9)2/h3-5,7-8H,1,6H2,2H3,(H,14,17,19)/b10-8+. The van der Waals surface area contributed by atoms with Crippen molar-refractivity contribution in [3.63, 3.8) is 0 Å². The Bertz CT molecular complexity index is 601. The maximum Gasteiger partial charge on any atom is 0.266 e. The zero-order valence-electron chi connectivity index (χ0n) is 10.4. The number of nitrogens with zero attached hydrogens (tertiary/aromatic N) is 2. The molecule has 1 N–H and O–H groups in total. The fraction of sp³-hybridized carbons (Fsp3) is 0.154. The van der Waals surface area contributed by atoms with Crippen molar-refractivity contribution >= 4 is 35.2 Å². The van der Waals surface area contributed by atoms with Gasteiger partial charge in [-0.3, -0.25) is 19.8 Å². The topological polar surface area (TPSA) is 54.3 Å². The Morgan fingerprint density at radius 1 is 1.47 bits per heavy atom. The van der Waals surface area contributed by atoms with E-state index in [1.807, 2.05) is 29.9 Å². The lowest BCUT2D eigenvalue weighted by atomic mass is 10.1. The van der Waals surface area contributed by atoms with Gasteiger partial charge in [0.05, 0.1) is 0 Å². The number of amides is 2. The van der Waals surface area contributed by atoms with E-state index in [0.29, 0.717) is 0 Å². The van der Waals surface area contributed by atoms with E-state index < -0.39 is 11.8 Å². The van der Waals surface area contributed by atoms with Crippen LogP contribution in [-0.2, 0) is 16.6 Å². The van der Waals surface area contributed by atoms with Crippen LogP contribution >= 0.6 is 12.2 Å². The van der Waals surface area contributed by atoms with Crippen LogP contribution in [0.25, 0.3) is 6.08 Å². The SMILES string of the molecule is C=CCN1C(=O)/C(=C/c2cccn2C)C(=O)NC1=S. The Hall–Kier alpha value is -2.21. The molecule has 0 spiro atoms. The van der Waals surface area contributed by atoms with Crippen LogP contribution < -0.4 is 5.32 Å². The minimum Gasteiger partial charge on any atom is -0.351 e. The van der Waals surface area contributed by atoms with Crippen LogP contribution in [0.2, 0.25) is 0 Å². The van der Waals surface area contributed by atoms with Gasteiger partial charge in [0.2, 0.25) is 0 Å². The minimum atomic E-state index is -0.475. The summed E-state index contributed by atoms with van der Waals surface area (Å²) < 4.78 is 1.82. The number of nitrogens with one attached hydrogen (secondary N) is 1. The Morgan fingerprint density at radius 3 is 2.79 bits per heavy atom. The van der Waals surface area contributed by atoms with Crippen molar-refractivity contribution in [3.8, 4) is 0 Å². The predicted molar refractivity (Wildman–Crippen MR) is 76.0 cm³/mol. The summed E-state index contributed by atoms with van der Waals surface area (Å²) >= 11 is 4.97. The van der Waals surface area contributed by atoms with E-state index in [1.165, 1.54) is 4.90 Å². The van der Waals surface area contributed by atoms with Crippen molar-refractivity contribution in [3.05, 3.63) is 42.3 Å². The molecule has 2 rings (SSSR count). The summed E-state index contributed by atoms with van der Waals surface area (Å²) in [6.45, 7) is 3.83. The van der Waals surface area contributed by atoms with Gasteiger partial charge in [0, 0.05) is 25.5 Å². The fourth-order valence-corrected chi connectivity index (χ4v) is 2.01. The number of aromatic nitrogens is 1. The van der Waals surface area contributed by atoms with Crippen molar-refractivity contribution in [2.45, 2.75) is 0 Å². The summed E-state index contributed by atoms with van der Waals surface area (Å²) in [6, 6.07) is 3.65. The number of rotatable bonds is 3. The molecule has 1 aliphatic rings. The normalized spacial score (nSPS) is 17.8. The summed E-state index contributed by atoms with van der Waals surface area (Å²) in [5, 5.41) is 2.61. The van der Waals surface area contributed by atoms with E-state index in [2.05, 4.69) is 11.9 Å². The van der Waals surface area contributed by atoms with Crippen LogP contribution in [0.15, 0.2) is 36.6 Å². The molecule has 0 aromatic carbocycles. The average Bonchev–Trinajstić information content (AvgIpc) is 2.76. The van der Waals surface area contributed by atoms with Gasteiger partial charge in [-0.1, -0.05) is 6.08 Å². The second-order valence-corrected chi connectivity index (χ2v) is 4.45. The molecule has 0 saturated carbocycles. The lowest BCUT2D eigenvalue weighted by Gasteiger charge is -2.27. The average molecular weight is 275 g/mol. The van der Waals surface area contributed by atoms with E-state index in [9.17, 15) is 9.59 Å². The molecule has 0 aliphatic carbocycles. The first-order valence-corrected chi connectivity index (χ1v) is 6.06. The second kappa shape index (κ2) is 5.19. The van der Waals surface area contributed by atoms with E-state index in [1.54, 1.807) is 12.2 Å². The van der Waals surface area contributed by atoms with Gasteiger partial charge in [-0.05, 0) is 30.4 Å². The van der Waals surface area contributed by atoms with Crippen LogP contribution in [0.1, 0.15) is 5.69 Å². The van der Waals surface area contributed by atoms with Gasteiger partial charge in [0.15, 0.2) is 5.11 Å². The van der Waals surface area contributed by atoms with Crippen molar-refractivity contribution in [2.75, 3.05) is 6.54 Å². The third kappa shape index (κ3) is 2.48. The molecule has 98 valence electrons. The van der Waals surface area contributed by atoms with Crippen LogP contribution in [-0.4, -0.2) is 32.9 Å². The molecule has 2 amide bonds. The first-order chi connectivity index (χ1) is 9.04. The predicted octanol–water partition coefficient (Wildman–Crippen LogP) is 0.838. The highest BCUT2D eigenvalue weighted by Crippen LogP contribution is 2.14. The Morgan fingerprint density at radius 2 is 2.21 bits per heavy atom. The maximum atomic E-state index is 12.2. The highest BCUT2D eigenvalue weighted by Gasteiger charge is 2.32. The molecule has 0 atom stereocenters. The third-order valence-electron chi connectivity index (χ3n) is 2.77. The lowest BCUT2D eigenvalue weighted by Crippen LogP contribution is -2.53. The first kappa shape index (κ1) is 13.2. The largest absolute Gasteiger partial charge is 0.351 e. The summed E-state index contributed by atoms with van der Waals surface area (Å²) in [5.74, 6) is -0.883. The van der Waals surface area contributed by atoms with Gasteiger partial charge >= 0.3 is 0 Å². The molecule has 6 heteroatoms. The summed E-state index contributed by atoms with van der Waals surface area (Å²) in [4.78, 5) is 25.4. The van der Waals surface area contributed by atoms with Gasteiger partial charge in [-0.25, -0.2) is 0 Å². The highest BCUT2D eigenvalue weighted by atomic mass is 32.1. The molecule has 0 bridgehead atoms. The number of carbonyl (C=O) groups excluding carboxylic acids is 2. The Kier molecular flexibility index (Phi) is 3.62. The second-order valence-electron chi connectivity index (χ2n) is 4.07. The molecular weight excluding hydrogens is 262 g/mol. The van der Waals surface area contributed by atoms with Crippen molar-refractivity contribution < 1.29 is 9.59 Å². The number of aryl methyl sites for hydroxylation is 1. The molecule has 1 saturated heterocycles. The Labute approximate surface area is 116 Å². The molecule has 1 aromatic heterocycles. The van der Waals surface area contributed by atoms with E-state index in [0.717, 1.165) is 5.69 Å². The first-order valence-electron chi connectivity index (χ1n) is 5.65. The van der Waals surface area contributed by atoms with Gasteiger partial charge in [0.1, 0.15) is 5.57 Å². The van der Waals surface area contributed by atoms with E-state index in [-0.39, 0.29) is 17.2 Å². The molecule has 0 radical (unpaired) electrons. The van der Waals surface area contributed by atoms with Crippen LogP contribution in [0.4, 0.5) is 0 Å². The molecule has 1 fully saturated rings. The monoisotopic (exact) mass is 275 g/mol. The molecule has 19 heavy (non-hydrogen) atoms. The van der Waals surface area contributed by atoms with Gasteiger partial charge in [-0.2, -0.15) is 0 Å². The summed E-state index contributed by atoms with van der Waals surface area (Å²) in [7, 11) is 1.84. The smallest absolute Gasteiger partial charge is 0.266 e. The van der Waals surface area contributed by atoms with E-state index >= 15 is 0 Å². The molecule has 0 unspecified atom stereocenters. The highest BCUT2D eigenvalue weighted by molar-refractivity contribution is 7.80. The maximum absolute atomic E-state index is 12.2. The quantitative estimate of drug-likeness (QED) is 0.385. The van der Waals surface area contributed by atoms with Crippen molar-refractivity contribution in [1.29, 1.82) is 0 Å². The Balaban J connectivity index is 2.39. The van der Waals surface area contributed by atoms with Gasteiger partial charge in [-0.15, -0.1) is 6.58 Å². The third-order valence-corrected chi connectivity index (χ3v) is 3.10. The zero-order chi connectivity index (χ0) is 14.0. The van der Waals surface area contributed by atoms with Crippen LogP contribution in [0, 0.1) is 0 Å². The van der Waals surface area contributed by atoms with E-state index in [4.69, 9.17) is 12.2 Å². The molecule has 5 nitrogen and oxygen atoms in total. The number of hydrogen-bond acceptors (Lipinski definition) is 3. The molecule has 1 aromatic rings. The minimum absolute atomic E-state index is 0.0669. The lowest BCUT2D eigenvalue weighted by molar-refractivity contribution is -0.128. The van der Waals surface area contributed by atoms with Crippen LogP contribution in [0.5, 0.6) is 0 Å². The number of thiocarbonyl (C=S) groups is 1. The summed E-state index contributed by atoms with van der Waals surface area (Å²) in [5.41, 5.74) is 0.835. The molecular formula is C13H13N3O2S.